The quantitative estimate of drug-likeness (QED) is 0.882. The molecule has 0 spiro atoms. The summed E-state index contributed by atoms with van der Waals surface area (Å²) in [4.78, 5) is 18.4. The molecule has 0 fully saturated rings. The van der Waals surface area contributed by atoms with Crippen molar-refractivity contribution in [1.82, 2.24) is 5.06 Å². The van der Waals surface area contributed by atoms with E-state index in [1.807, 2.05) is 43.5 Å². The molecule has 1 aliphatic rings. The van der Waals surface area contributed by atoms with Crippen LogP contribution in [-0.2, 0) is 0 Å². The van der Waals surface area contributed by atoms with Crippen LogP contribution < -0.4 is 0 Å². The number of carbonyl (C=O) groups is 1. The van der Waals surface area contributed by atoms with Crippen molar-refractivity contribution in [3.8, 4) is 0 Å². The fourth-order valence-corrected chi connectivity index (χ4v) is 3.49. The fraction of sp³-hybridized carbons (Fsp3) is 0.294. The number of hydrogen-bond acceptors (Lipinski definition) is 5. The summed E-state index contributed by atoms with van der Waals surface area (Å²) >= 11 is 1.56. The molecule has 2 heterocycles. The Bertz CT molecular complexity index is 722. The van der Waals surface area contributed by atoms with Crippen LogP contribution in [0.15, 0.2) is 46.8 Å². The zero-order valence-electron chi connectivity index (χ0n) is 12.8. The Balaban J connectivity index is 2.01. The summed E-state index contributed by atoms with van der Waals surface area (Å²) in [5.74, 6) is -0.201. The van der Waals surface area contributed by atoms with E-state index in [0.717, 1.165) is 21.2 Å². The monoisotopic (exact) mass is 314 g/mol. The van der Waals surface area contributed by atoms with Crippen molar-refractivity contribution in [2.45, 2.75) is 32.5 Å². The molecule has 0 aliphatic carbocycles. The van der Waals surface area contributed by atoms with Gasteiger partial charge >= 0.3 is 0 Å². The van der Waals surface area contributed by atoms with Crippen molar-refractivity contribution in [1.29, 1.82) is 0 Å². The highest BCUT2D eigenvalue weighted by Crippen LogP contribution is 2.32. The molecule has 0 saturated heterocycles. The summed E-state index contributed by atoms with van der Waals surface area (Å²) in [6.45, 7) is 5.48. The Kier molecular flexibility index (Phi) is 3.72. The van der Waals surface area contributed by atoms with Gasteiger partial charge < -0.3 is 5.21 Å². The number of aliphatic imine (C=N–C) groups is 1. The molecule has 2 unspecified atom stereocenters. The number of hydroxylamine groups is 2. The van der Waals surface area contributed by atoms with Gasteiger partial charge in [0.15, 0.2) is 5.66 Å². The number of aryl methyl sites for hydroxylation is 1. The predicted octanol–water partition coefficient (Wildman–Crippen LogP) is 3.54. The standard InChI is InChI=1S/C17H18N2O2S/c1-11-6-8-13(9-7-11)16(20)17(3)18-15(12(2)19(17)21)14-5-4-10-22-14/h4-10,12,21H,1-3H3. The third-order valence-corrected chi connectivity index (χ3v) is 4.96. The van der Waals surface area contributed by atoms with Gasteiger partial charge in [-0.1, -0.05) is 35.9 Å². The van der Waals surface area contributed by atoms with Crippen LogP contribution in [0.2, 0.25) is 0 Å². The molecule has 4 nitrogen and oxygen atoms in total. The van der Waals surface area contributed by atoms with E-state index in [4.69, 9.17) is 0 Å². The van der Waals surface area contributed by atoms with Crippen molar-refractivity contribution >= 4 is 22.8 Å². The number of rotatable bonds is 3. The van der Waals surface area contributed by atoms with Gasteiger partial charge in [0.2, 0.25) is 5.78 Å². The van der Waals surface area contributed by atoms with Gasteiger partial charge in [0.1, 0.15) is 0 Å². The minimum absolute atomic E-state index is 0.201. The lowest BCUT2D eigenvalue weighted by atomic mass is 9.99. The Hall–Kier alpha value is -1.82. The fourth-order valence-electron chi connectivity index (χ4n) is 2.69. The van der Waals surface area contributed by atoms with Gasteiger partial charge in [-0.15, -0.1) is 16.4 Å². The van der Waals surface area contributed by atoms with E-state index in [0.29, 0.717) is 5.56 Å². The van der Waals surface area contributed by atoms with Gasteiger partial charge in [-0.3, -0.25) is 9.79 Å². The topological polar surface area (TPSA) is 52.9 Å². The first kappa shape index (κ1) is 15.1. The van der Waals surface area contributed by atoms with E-state index in [-0.39, 0.29) is 11.8 Å². The average Bonchev–Trinajstić information content (AvgIpc) is 3.11. The molecule has 5 heteroatoms. The summed E-state index contributed by atoms with van der Waals surface area (Å²) in [6, 6.07) is 10.9. The second-order valence-electron chi connectivity index (χ2n) is 5.71. The highest BCUT2D eigenvalue weighted by Gasteiger charge is 2.48. The minimum atomic E-state index is -1.28. The summed E-state index contributed by atoms with van der Waals surface area (Å²) < 4.78 is 0. The molecule has 0 saturated carbocycles. The smallest absolute Gasteiger partial charge is 0.206 e. The number of hydrogen-bond donors (Lipinski definition) is 1. The van der Waals surface area contributed by atoms with E-state index in [1.165, 1.54) is 0 Å². The molecule has 22 heavy (non-hydrogen) atoms. The Morgan fingerprint density at radius 3 is 2.59 bits per heavy atom. The largest absolute Gasteiger partial charge is 0.311 e. The Labute approximate surface area is 133 Å². The predicted molar refractivity (Wildman–Crippen MR) is 87.9 cm³/mol. The third-order valence-electron chi connectivity index (χ3n) is 4.06. The Morgan fingerprint density at radius 1 is 1.32 bits per heavy atom. The van der Waals surface area contributed by atoms with Gasteiger partial charge in [0, 0.05) is 10.4 Å². The van der Waals surface area contributed by atoms with Crippen LogP contribution in [0.1, 0.15) is 34.6 Å². The lowest BCUT2D eigenvalue weighted by molar-refractivity contribution is -0.148. The van der Waals surface area contributed by atoms with E-state index < -0.39 is 5.66 Å². The first-order valence-corrected chi connectivity index (χ1v) is 8.05. The highest BCUT2D eigenvalue weighted by atomic mass is 32.1. The van der Waals surface area contributed by atoms with Gasteiger partial charge in [0.05, 0.1) is 11.8 Å². The number of Topliss-reactive ketones (excluding diaryl/α,β-unsaturated/α-hetero) is 1. The van der Waals surface area contributed by atoms with Crippen molar-refractivity contribution in [2.75, 3.05) is 0 Å². The van der Waals surface area contributed by atoms with Crippen molar-refractivity contribution in [3.05, 3.63) is 57.8 Å². The normalized spacial score (nSPS) is 25.3. The molecule has 1 aliphatic heterocycles. The molecule has 1 aromatic carbocycles. The third kappa shape index (κ3) is 2.31. The molecular formula is C17H18N2O2S. The molecule has 0 amide bonds. The Morgan fingerprint density at radius 2 is 2.00 bits per heavy atom. The highest BCUT2D eigenvalue weighted by molar-refractivity contribution is 7.12. The molecule has 1 N–H and O–H groups in total. The maximum atomic E-state index is 12.8. The van der Waals surface area contributed by atoms with E-state index in [2.05, 4.69) is 4.99 Å². The summed E-state index contributed by atoms with van der Waals surface area (Å²) in [7, 11) is 0. The van der Waals surface area contributed by atoms with E-state index in [9.17, 15) is 10.0 Å². The lowest BCUT2D eigenvalue weighted by Gasteiger charge is -2.28. The van der Waals surface area contributed by atoms with Crippen molar-refractivity contribution < 1.29 is 10.0 Å². The van der Waals surface area contributed by atoms with Crippen molar-refractivity contribution in [2.24, 2.45) is 4.99 Å². The number of carbonyl (C=O) groups excluding carboxylic acids is 1. The minimum Gasteiger partial charge on any atom is -0.311 e. The summed E-state index contributed by atoms with van der Waals surface area (Å²) in [5.41, 5.74) is 1.11. The summed E-state index contributed by atoms with van der Waals surface area (Å²) in [5, 5.41) is 13.5. The van der Waals surface area contributed by atoms with Crippen molar-refractivity contribution in [3.63, 3.8) is 0 Å². The van der Waals surface area contributed by atoms with Crippen LogP contribution in [0, 0.1) is 6.92 Å². The van der Waals surface area contributed by atoms with Crippen LogP contribution in [0.3, 0.4) is 0 Å². The van der Waals surface area contributed by atoms with Crippen LogP contribution in [0.25, 0.3) is 0 Å². The number of thiophene rings is 1. The van der Waals surface area contributed by atoms with Crippen LogP contribution in [0.4, 0.5) is 0 Å². The van der Waals surface area contributed by atoms with Crippen LogP contribution in [0.5, 0.6) is 0 Å². The van der Waals surface area contributed by atoms with Gasteiger partial charge in [-0.05, 0) is 32.2 Å². The first-order chi connectivity index (χ1) is 10.4. The molecule has 0 radical (unpaired) electrons. The zero-order valence-corrected chi connectivity index (χ0v) is 13.6. The lowest BCUT2D eigenvalue weighted by Crippen LogP contribution is -2.49. The molecule has 3 rings (SSSR count). The van der Waals surface area contributed by atoms with Crippen LogP contribution in [-0.4, -0.2) is 33.5 Å². The van der Waals surface area contributed by atoms with Gasteiger partial charge in [0.25, 0.3) is 0 Å². The molecule has 1 aromatic heterocycles. The zero-order chi connectivity index (χ0) is 15.9. The molecule has 114 valence electrons. The molecule has 0 bridgehead atoms. The van der Waals surface area contributed by atoms with Gasteiger partial charge in [-0.25, -0.2) is 0 Å². The van der Waals surface area contributed by atoms with E-state index in [1.54, 1.807) is 30.4 Å². The van der Waals surface area contributed by atoms with Crippen LogP contribution >= 0.6 is 11.3 Å². The molecular weight excluding hydrogens is 296 g/mol. The number of benzene rings is 1. The first-order valence-electron chi connectivity index (χ1n) is 7.17. The van der Waals surface area contributed by atoms with Gasteiger partial charge in [-0.2, -0.15) is 0 Å². The average molecular weight is 314 g/mol. The number of nitrogens with zero attached hydrogens (tertiary/aromatic N) is 2. The maximum absolute atomic E-state index is 12.8. The molecule has 2 aromatic rings. The maximum Gasteiger partial charge on any atom is 0.206 e. The SMILES string of the molecule is Cc1ccc(C(=O)C2(C)N=C(c3cccs3)C(C)N2O)cc1. The summed E-state index contributed by atoms with van der Waals surface area (Å²) in [6.07, 6.45) is 0. The molecule has 2 atom stereocenters. The van der Waals surface area contributed by atoms with E-state index >= 15 is 0 Å². The number of ketones is 1. The second kappa shape index (κ2) is 5.43. The second-order valence-corrected chi connectivity index (χ2v) is 6.66.